The first-order chi connectivity index (χ1) is 14.0. The van der Waals surface area contributed by atoms with E-state index in [1.165, 1.54) is 17.3 Å². The third kappa shape index (κ3) is 6.40. The van der Waals surface area contributed by atoms with Crippen molar-refractivity contribution in [1.29, 1.82) is 0 Å². The molecule has 1 saturated heterocycles. The molecular formula is C20H31N5O4. The lowest BCUT2D eigenvalue weighted by molar-refractivity contribution is -0.136. The van der Waals surface area contributed by atoms with Gasteiger partial charge in [0.1, 0.15) is 18.0 Å². The average molecular weight is 405 g/mol. The van der Waals surface area contributed by atoms with E-state index in [4.69, 9.17) is 5.73 Å². The zero-order chi connectivity index (χ0) is 21.2. The molecule has 1 aliphatic carbocycles. The van der Waals surface area contributed by atoms with Crippen molar-refractivity contribution >= 4 is 29.7 Å². The Morgan fingerprint density at radius 1 is 1.17 bits per heavy atom. The zero-order valence-corrected chi connectivity index (χ0v) is 16.9. The molecule has 4 N–H and O–H groups in total. The van der Waals surface area contributed by atoms with Gasteiger partial charge < -0.3 is 26.1 Å². The highest BCUT2D eigenvalue weighted by molar-refractivity contribution is 6.38. The van der Waals surface area contributed by atoms with Crippen LogP contribution >= 0.6 is 0 Å². The molecule has 0 bridgehead atoms. The quantitative estimate of drug-likeness (QED) is 0.393. The molecule has 9 heteroatoms. The smallest absolute Gasteiger partial charge is 0.266 e. The number of nitrogens with one attached hydrogen (secondary N) is 2. The highest BCUT2D eigenvalue weighted by atomic mass is 16.2. The van der Waals surface area contributed by atoms with Crippen LogP contribution in [0.3, 0.4) is 0 Å². The predicted octanol–water partition coefficient (Wildman–Crippen LogP) is 0.248. The summed E-state index contributed by atoms with van der Waals surface area (Å²) in [5.41, 5.74) is 5.44. The van der Waals surface area contributed by atoms with Gasteiger partial charge in [-0.05, 0) is 38.5 Å². The van der Waals surface area contributed by atoms with Crippen molar-refractivity contribution in [2.75, 3.05) is 13.1 Å². The van der Waals surface area contributed by atoms with Gasteiger partial charge in [0.2, 0.25) is 11.8 Å². The van der Waals surface area contributed by atoms with Crippen LogP contribution in [0.1, 0.15) is 51.9 Å². The Hall–Kier alpha value is -2.71. The van der Waals surface area contributed by atoms with Crippen LogP contribution in [0.2, 0.25) is 0 Å². The Labute approximate surface area is 171 Å². The maximum Gasteiger partial charge on any atom is 0.266 e. The largest absolute Gasteiger partial charge is 0.403 e. The van der Waals surface area contributed by atoms with Gasteiger partial charge in [-0.1, -0.05) is 19.3 Å². The molecule has 2 aliphatic rings. The predicted molar refractivity (Wildman–Crippen MR) is 109 cm³/mol. The van der Waals surface area contributed by atoms with Gasteiger partial charge in [-0.15, -0.1) is 0 Å². The molecule has 1 heterocycles. The van der Waals surface area contributed by atoms with E-state index in [1.54, 1.807) is 6.92 Å². The number of carbonyl (C=O) groups is 4. The lowest BCUT2D eigenvalue weighted by Crippen LogP contribution is -2.54. The summed E-state index contributed by atoms with van der Waals surface area (Å²) in [6.07, 6.45) is 9.52. The lowest BCUT2D eigenvalue weighted by Gasteiger charge is -2.30. The molecular weight excluding hydrogens is 374 g/mol. The number of carbonyl (C=O) groups excluding carboxylic acids is 4. The molecule has 0 spiro atoms. The third-order valence-corrected chi connectivity index (χ3v) is 5.56. The molecule has 2 unspecified atom stereocenters. The number of hydrogen-bond acceptors (Lipinski definition) is 6. The van der Waals surface area contributed by atoms with Crippen molar-refractivity contribution in [3.63, 3.8) is 0 Å². The molecule has 0 aromatic rings. The average Bonchev–Trinajstić information content (AvgIpc) is 3.23. The monoisotopic (exact) mass is 405 g/mol. The van der Waals surface area contributed by atoms with E-state index < -0.39 is 18.0 Å². The van der Waals surface area contributed by atoms with Crippen molar-refractivity contribution in [2.45, 2.75) is 64.0 Å². The number of nitrogens with zero attached hydrogens (tertiary/aromatic N) is 2. The topological polar surface area (TPSA) is 134 Å². The second-order valence-electron chi connectivity index (χ2n) is 7.56. The van der Waals surface area contributed by atoms with Gasteiger partial charge in [0, 0.05) is 18.9 Å². The molecule has 9 nitrogen and oxygen atoms in total. The number of aldehydes is 1. The summed E-state index contributed by atoms with van der Waals surface area (Å²) in [4.78, 5) is 54.2. The van der Waals surface area contributed by atoms with Crippen LogP contribution in [-0.2, 0) is 19.2 Å². The second-order valence-corrected chi connectivity index (χ2v) is 7.56. The highest BCUT2D eigenvalue weighted by Gasteiger charge is 2.33. The molecule has 0 radical (unpaired) electrons. The lowest BCUT2D eigenvalue weighted by atomic mass is 9.83. The first-order valence-corrected chi connectivity index (χ1v) is 10.2. The van der Waals surface area contributed by atoms with Crippen LogP contribution in [0.25, 0.3) is 0 Å². The van der Waals surface area contributed by atoms with Gasteiger partial charge in [0.05, 0.1) is 12.6 Å². The standard InChI is InChI=1S/C20H31N5O4/c1-14(22-10-9-21)19(28)24-18(15-6-3-2-4-7-15)20(29)23-12-17(27)25-11-5-8-16(25)13-26/h9-10,13,15-16,18H,2-8,11-12,21H2,1H3,(H,23,29)(H,24,28)/b10-9-,22-14?. The van der Waals surface area contributed by atoms with Crippen LogP contribution in [0, 0.1) is 5.92 Å². The second kappa shape index (κ2) is 11.3. The van der Waals surface area contributed by atoms with E-state index in [-0.39, 0.29) is 30.0 Å². The van der Waals surface area contributed by atoms with Crippen LogP contribution in [0.4, 0.5) is 0 Å². The Morgan fingerprint density at radius 2 is 1.90 bits per heavy atom. The van der Waals surface area contributed by atoms with Gasteiger partial charge in [-0.3, -0.25) is 19.4 Å². The Kier molecular flexibility index (Phi) is 8.82. The Balaban J connectivity index is 2.01. The first-order valence-electron chi connectivity index (χ1n) is 10.2. The number of amides is 3. The summed E-state index contributed by atoms with van der Waals surface area (Å²) in [7, 11) is 0. The summed E-state index contributed by atoms with van der Waals surface area (Å²) < 4.78 is 0. The maximum atomic E-state index is 12.8. The molecule has 1 aliphatic heterocycles. The Bertz CT molecular complexity index is 670. The third-order valence-electron chi connectivity index (χ3n) is 5.56. The van der Waals surface area contributed by atoms with Crippen LogP contribution < -0.4 is 16.4 Å². The van der Waals surface area contributed by atoms with Gasteiger partial charge in [-0.25, -0.2) is 0 Å². The minimum Gasteiger partial charge on any atom is -0.403 e. The maximum absolute atomic E-state index is 12.8. The fraction of sp³-hybridized carbons (Fsp3) is 0.650. The normalized spacial score (nSPS) is 21.8. The van der Waals surface area contributed by atoms with Crippen molar-refractivity contribution < 1.29 is 19.2 Å². The highest BCUT2D eigenvalue weighted by Crippen LogP contribution is 2.26. The fourth-order valence-corrected chi connectivity index (χ4v) is 3.94. The van der Waals surface area contributed by atoms with Crippen molar-refractivity contribution in [3.8, 4) is 0 Å². The number of aliphatic imine (C=N–C) groups is 1. The minimum atomic E-state index is -0.733. The van der Waals surface area contributed by atoms with Crippen LogP contribution in [0.15, 0.2) is 17.4 Å². The van der Waals surface area contributed by atoms with E-state index in [2.05, 4.69) is 15.6 Å². The number of hydrogen-bond donors (Lipinski definition) is 3. The summed E-state index contributed by atoms with van der Waals surface area (Å²) in [6.45, 7) is 1.87. The molecule has 1 saturated carbocycles. The van der Waals surface area contributed by atoms with Crippen molar-refractivity contribution in [3.05, 3.63) is 12.4 Å². The first kappa shape index (κ1) is 22.6. The number of nitrogens with two attached hydrogens (primary N) is 1. The zero-order valence-electron chi connectivity index (χ0n) is 16.9. The molecule has 160 valence electrons. The summed E-state index contributed by atoms with van der Waals surface area (Å²) >= 11 is 0. The van der Waals surface area contributed by atoms with Crippen molar-refractivity contribution in [2.24, 2.45) is 16.6 Å². The Morgan fingerprint density at radius 3 is 2.55 bits per heavy atom. The fourth-order valence-electron chi connectivity index (χ4n) is 3.94. The minimum absolute atomic E-state index is 0.00941. The molecule has 2 atom stereocenters. The van der Waals surface area contributed by atoms with Crippen LogP contribution in [0.5, 0.6) is 0 Å². The van der Waals surface area contributed by atoms with Gasteiger partial charge in [0.25, 0.3) is 5.91 Å². The van der Waals surface area contributed by atoms with E-state index >= 15 is 0 Å². The molecule has 29 heavy (non-hydrogen) atoms. The van der Waals surface area contributed by atoms with E-state index in [0.717, 1.165) is 44.8 Å². The summed E-state index contributed by atoms with van der Waals surface area (Å²) in [5, 5.41) is 5.43. The molecule has 3 amide bonds. The van der Waals surface area contributed by atoms with Gasteiger partial charge >= 0.3 is 0 Å². The van der Waals surface area contributed by atoms with Gasteiger partial charge in [-0.2, -0.15) is 0 Å². The molecule has 0 aromatic carbocycles. The number of rotatable bonds is 8. The molecule has 2 fully saturated rings. The van der Waals surface area contributed by atoms with Gasteiger partial charge in [0.15, 0.2) is 0 Å². The number of likely N-dealkylation sites (tertiary alicyclic amines) is 1. The molecule has 2 rings (SSSR count). The van der Waals surface area contributed by atoms with Crippen LogP contribution in [-0.4, -0.2) is 59.8 Å². The summed E-state index contributed by atoms with van der Waals surface area (Å²) in [5.74, 6) is -1.11. The van der Waals surface area contributed by atoms with E-state index in [0.29, 0.717) is 13.0 Å². The molecule has 0 aromatic heterocycles. The summed E-state index contributed by atoms with van der Waals surface area (Å²) in [6, 6.07) is -1.15. The van der Waals surface area contributed by atoms with Crippen molar-refractivity contribution in [1.82, 2.24) is 15.5 Å². The SMILES string of the molecule is CC(=N/C=C\N)C(=O)NC(C(=O)NCC(=O)N1CCCC1C=O)C1CCCCC1. The van der Waals surface area contributed by atoms with E-state index in [1.807, 2.05) is 0 Å². The van der Waals surface area contributed by atoms with E-state index in [9.17, 15) is 19.2 Å².